The van der Waals surface area contributed by atoms with Gasteiger partial charge in [-0.2, -0.15) is 13.2 Å². The molecule has 0 amide bonds. The standard InChI is InChI=1S/C29H27ClF3N3O4S.ClH/c30-17-6-7-18(19(11-17)16-5-4-10-39-13-16)25(29(31,32)33)40-26-23-22(34-15-35-26)20(14-41-23)24-28(8-2-1-3-9-28)12-21(36-24)27(37)38;/h1-2,5-7,11,14-15,21,24-25,36H,3-4,8-10,12-13H2,(H,37,38);1H/t21?,24?,25-,28?;/m1./s1. The first-order valence-corrected chi connectivity index (χ1v) is 14.6. The molecule has 2 N–H and O–H groups in total. The zero-order valence-electron chi connectivity index (χ0n) is 22.2. The number of carboxylic acid groups (broad SMARTS) is 1. The lowest BCUT2D eigenvalue weighted by molar-refractivity contribution is -0.198. The Labute approximate surface area is 255 Å². The van der Waals surface area contributed by atoms with E-state index >= 15 is 0 Å². The molecule has 4 atom stereocenters. The highest BCUT2D eigenvalue weighted by Gasteiger charge is 2.50. The van der Waals surface area contributed by atoms with Gasteiger partial charge in [-0.3, -0.25) is 10.1 Å². The van der Waals surface area contributed by atoms with Crippen molar-refractivity contribution in [1.29, 1.82) is 0 Å². The van der Waals surface area contributed by atoms with Crippen LogP contribution >= 0.6 is 35.3 Å². The van der Waals surface area contributed by atoms with Crippen molar-refractivity contribution in [1.82, 2.24) is 15.3 Å². The maximum Gasteiger partial charge on any atom is 0.429 e. The van der Waals surface area contributed by atoms with Crippen molar-refractivity contribution < 1.29 is 32.5 Å². The van der Waals surface area contributed by atoms with E-state index in [1.807, 2.05) is 11.5 Å². The SMILES string of the molecule is Cl.O=C(O)C1CC2(CC=CCC2)C(c2csc3c(O[C@H](c4ccc(Cl)cc4C4=CCCOC4)C(F)(F)F)ncnc23)N1. The summed E-state index contributed by atoms with van der Waals surface area (Å²) in [5.41, 5.74) is 1.72. The maximum absolute atomic E-state index is 14.6. The number of ether oxygens (including phenoxy) is 2. The van der Waals surface area contributed by atoms with E-state index in [0.717, 1.165) is 18.4 Å². The van der Waals surface area contributed by atoms with Gasteiger partial charge in [-0.05, 0) is 66.2 Å². The van der Waals surface area contributed by atoms with Crippen molar-refractivity contribution in [3.63, 3.8) is 0 Å². The summed E-state index contributed by atoms with van der Waals surface area (Å²) in [4.78, 5) is 20.5. The monoisotopic (exact) mass is 641 g/mol. The Hall–Kier alpha value is -2.70. The molecular weight excluding hydrogens is 614 g/mol. The number of aromatic nitrogens is 2. The van der Waals surface area contributed by atoms with Crippen LogP contribution in [0.1, 0.15) is 60.9 Å². The number of carboxylic acids is 1. The zero-order chi connectivity index (χ0) is 28.8. The first kappa shape index (κ1) is 30.7. The average molecular weight is 643 g/mol. The third-order valence-corrected chi connectivity index (χ3v) is 9.34. The Morgan fingerprint density at radius 2 is 2.10 bits per heavy atom. The number of alkyl halides is 3. The zero-order valence-corrected chi connectivity index (χ0v) is 24.6. The number of halogens is 5. The summed E-state index contributed by atoms with van der Waals surface area (Å²) < 4.78 is 55.5. The number of thiophene rings is 1. The molecule has 3 unspecified atom stereocenters. The minimum atomic E-state index is -4.77. The van der Waals surface area contributed by atoms with Crippen LogP contribution < -0.4 is 10.1 Å². The van der Waals surface area contributed by atoms with Crippen LogP contribution in [0.15, 0.2) is 48.1 Å². The van der Waals surface area contributed by atoms with E-state index in [2.05, 4.69) is 27.4 Å². The molecule has 1 saturated heterocycles. The Kier molecular flexibility index (Phi) is 8.87. The lowest BCUT2D eigenvalue weighted by Crippen LogP contribution is -2.33. The lowest BCUT2D eigenvalue weighted by Gasteiger charge is -2.36. The van der Waals surface area contributed by atoms with Crippen LogP contribution in [0.2, 0.25) is 5.02 Å². The van der Waals surface area contributed by atoms with Gasteiger partial charge in [0.1, 0.15) is 17.1 Å². The number of rotatable bonds is 6. The predicted octanol–water partition coefficient (Wildman–Crippen LogP) is 7.47. The van der Waals surface area contributed by atoms with Gasteiger partial charge < -0.3 is 14.6 Å². The number of hydrogen-bond donors (Lipinski definition) is 2. The number of aliphatic carboxylic acids is 1. The molecule has 1 aromatic carbocycles. The highest BCUT2D eigenvalue weighted by atomic mass is 35.5. The number of fused-ring (bicyclic) bond motifs is 1. The second-order valence-electron chi connectivity index (χ2n) is 10.7. The molecule has 1 spiro atoms. The van der Waals surface area contributed by atoms with Gasteiger partial charge in [0.2, 0.25) is 12.0 Å². The molecule has 224 valence electrons. The molecule has 1 fully saturated rings. The molecular formula is C29H28Cl2F3N3O4S. The minimum Gasteiger partial charge on any atom is -0.480 e. The van der Waals surface area contributed by atoms with E-state index in [9.17, 15) is 23.1 Å². The third kappa shape index (κ3) is 5.77. The second-order valence-corrected chi connectivity index (χ2v) is 12.0. The Balaban J connectivity index is 0.00000353. The summed E-state index contributed by atoms with van der Waals surface area (Å²) in [6.45, 7) is 0.672. The first-order valence-electron chi connectivity index (χ1n) is 13.3. The molecule has 13 heteroatoms. The van der Waals surface area contributed by atoms with Crippen LogP contribution in [0, 0.1) is 5.41 Å². The number of benzene rings is 1. The van der Waals surface area contributed by atoms with Gasteiger partial charge in [0.25, 0.3) is 0 Å². The molecule has 2 aliphatic heterocycles. The molecule has 0 radical (unpaired) electrons. The Morgan fingerprint density at radius 3 is 2.79 bits per heavy atom. The fourth-order valence-electron chi connectivity index (χ4n) is 6.23. The molecule has 3 aromatic rings. The fraction of sp³-hybridized carbons (Fsp3) is 0.414. The molecule has 1 aliphatic carbocycles. The average Bonchev–Trinajstić information content (AvgIpc) is 3.54. The highest BCUT2D eigenvalue weighted by Crippen LogP contribution is 2.54. The normalized spacial score (nSPS) is 24.8. The van der Waals surface area contributed by atoms with Gasteiger partial charge in [-0.15, -0.1) is 23.7 Å². The summed E-state index contributed by atoms with van der Waals surface area (Å²) >= 11 is 7.39. The van der Waals surface area contributed by atoms with Crippen molar-refractivity contribution in [2.45, 2.75) is 56.5 Å². The number of nitrogens with zero attached hydrogens (tertiary/aromatic N) is 2. The third-order valence-electron chi connectivity index (χ3n) is 8.13. The van der Waals surface area contributed by atoms with Crippen molar-refractivity contribution in [2.75, 3.05) is 13.2 Å². The molecule has 42 heavy (non-hydrogen) atoms. The fourth-order valence-corrected chi connectivity index (χ4v) is 7.38. The van der Waals surface area contributed by atoms with Gasteiger partial charge in [0.05, 0.1) is 18.7 Å². The van der Waals surface area contributed by atoms with Crippen LogP contribution in [-0.4, -0.2) is 46.5 Å². The number of carbonyl (C=O) groups is 1. The van der Waals surface area contributed by atoms with Crippen LogP contribution in [0.25, 0.3) is 15.8 Å². The van der Waals surface area contributed by atoms with Crippen molar-refractivity contribution >= 4 is 57.1 Å². The van der Waals surface area contributed by atoms with E-state index in [0.29, 0.717) is 52.2 Å². The molecule has 2 aromatic heterocycles. The second kappa shape index (κ2) is 12.1. The largest absolute Gasteiger partial charge is 0.480 e. The van der Waals surface area contributed by atoms with Gasteiger partial charge >= 0.3 is 12.1 Å². The van der Waals surface area contributed by atoms with Crippen LogP contribution in [-0.2, 0) is 9.53 Å². The molecule has 0 bridgehead atoms. The van der Waals surface area contributed by atoms with Crippen molar-refractivity contribution in [2.24, 2.45) is 5.41 Å². The van der Waals surface area contributed by atoms with E-state index in [4.69, 9.17) is 21.1 Å². The minimum absolute atomic E-state index is 0. The Bertz CT molecular complexity index is 1550. The first-order chi connectivity index (χ1) is 19.7. The molecule has 6 rings (SSSR count). The van der Waals surface area contributed by atoms with Crippen molar-refractivity contribution in [3.05, 3.63) is 69.8 Å². The van der Waals surface area contributed by atoms with E-state index in [-0.39, 0.29) is 41.9 Å². The highest BCUT2D eigenvalue weighted by molar-refractivity contribution is 7.17. The summed E-state index contributed by atoms with van der Waals surface area (Å²) in [5.74, 6) is -1.11. The van der Waals surface area contributed by atoms with Gasteiger partial charge in [0.15, 0.2) is 0 Å². The van der Waals surface area contributed by atoms with Crippen LogP contribution in [0.3, 0.4) is 0 Å². The van der Waals surface area contributed by atoms with Crippen molar-refractivity contribution in [3.8, 4) is 5.88 Å². The number of nitrogens with one attached hydrogen (secondary N) is 1. The smallest absolute Gasteiger partial charge is 0.429 e. The Morgan fingerprint density at radius 1 is 1.26 bits per heavy atom. The van der Waals surface area contributed by atoms with E-state index < -0.39 is 24.3 Å². The topological polar surface area (TPSA) is 93.6 Å². The van der Waals surface area contributed by atoms with E-state index in [1.54, 1.807) is 0 Å². The van der Waals surface area contributed by atoms with E-state index in [1.165, 1.54) is 35.9 Å². The summed E-state index contributed by atoms with van der Waals surface area (Å²) in [6.07, 6.45) is 3.49. The lowest BCUT2D eigenvalue weighted by atomic mass is 9.69. The summed E-state index contributed by atoms with van der Waals surface area (Å²) in [5, 5.41) is 15.2. The molecule has 7 nitrogen and oxygen atoms in total. The molecule has 3 aliphatic rings. The summed E-state index contributed by atoms with van der Waals surface area (Å²) in [6, 6.07) is 3.19. The molecule has 0 saturated carbocycles. The maximum atomic E-state index is 14.6. The van der Waals surface area contributed by atoms with Gasteiger partial charge in [-0.25, -0.2) is 9.97 Å². The van der Waals surface area contributed by atoms with Crippen LogP contribution in [0.5, 0.6) is 5.88 Å². The number of hydrogen-bond acceptors (Lipinski definition) is 7. The number of allylic oxidation sites excluding steroid dienone is 2. The van der Waals surface area contributed by atoms with Crippen LogP contribution in [0.4, 0.5) is 13.2 Å². The summed E-state index contributed by atoms with van der Waals surface area (Å²) in [7, 11) is 0. The quantitative estimate of drug-likeness (QED) is 0.270. The van der Waals surface area contributed by atoms with Gasteiger partial charge in [0, 0.05) is 22.2 Å². The van der Waals surface area contributed by atoms with Gasteiger partial charge in [-0.1, -0.05) is 35.9 Å². The predicted molar refractivity (Wildman–Crippen MR) is 156 cm³/mol. The molecule has 4 heterocycles.